The van der Waals surface area contributed by atoms with Crippen LogP contribution in [0.3, 0.4) is 0 Å². The maximum atomic E-state index is 12.7. The first-order valence-electron chi connectivity index (χ1n) is 8.26. The third-order valence-corrected chi connectivity index (χ3v) is 4.42. The lowest BCUT2D eigenvalue weighted by Crippen LogP contribution is -2.31. The van der Waals surface area contributed by atoms with Gasteiger partial charge in [0.15, 0.2) is 5.82 Å². The molecule has 0 saturated carbocycles. The molecule has 1 aromatic carbocycles. The number of rotatable bonds is 5. The van der Waals surface area contributed by atoms with Crippen LogP contribution in [0.2, 0.25) is 5.02 Å². The molecule has 1 atom stereocenters. The van der Waals surface area contributed by atoms with Crippen LogP contribution in [0.5, 0.6) is 5.88 Å². The van der Waals surface area contributed by atoms with Gasteiger partial charge in [-0.3, -0.25) is 14.9 Å². The van der Waals surface area contributed by atoms with Gasteiger partial charge in [0.1, 0.15) is 11.7 Å². The number of benzene rings is 1. The van der Waals surface area contributed by atoms with E-state index in [1.54, 1.807) is 12.1 Å². The Hall–Kier alpha value is -2.94. The van der Waals surface area contributed by atoms with Crippen molar-refractivity contribution in [2.75, 3.05) is 32.1 Å². The van der Waals surface area contributed by atoms with Crippen LogP contribution in [-0.2, 0) is 0 Å². The number of hydrogen-bond acceptors (Lipinski definition) is 7. The number of hydrogen-bond donors (Lipinski definition) is 0. The number of nitro groups is 1. The van der Waals surface area contributed by atoms with Crippen molar-refractivity contribution in [3.05, 3.63) is 51.0 Å². The topological polar surface area (TPSA) is 102 Å². The van der Waals surface area contributed by atoms with E-state index in [2.05, 4.69) is 10.2 Å². The summed E-state index contributed by atoms with van der Waals surface area (Å²) in [5, 5.41) is 19.5. The van der Waals surface area contributed by atoms with E-state index in [-0.39, 0.29) is 22.4 Å². The molecule has 0 radical (unpaired) electrons. The summed E-state index contributed by atoms with van der Waals surface area (Å²) in [5.41, 5.74) is -0.290. The highest BCUT2D eigenvalue weighted by molar-refractivity contribution is 6.31. The number of nitro benzene ring substituents is 1. The fourth-order valence-electron chi connectivity index (χ4n) is 2.80. The lowest BCUT2D eigenvalue weighted by molar-refractivity contribution is -0.385. The van der Waals surface area contributed by atoms with E-state index in [0.29, 0.717) is 31.2 Å². The summed E-state index contributed by atoms with van der Waals surface area (Å²) in [6, 6.07) is 7.45. The number of amides is 1. The Morgan fingerprint density at radius 2 is 2.11 bits per heavy atom. The monoisotopic (exact) mass is 391 g/mol. The number of halogens is 1. The lowest BCUT2D eigenvalue weighted by Gasteiger charge is -2.17. The van der Waals surface area contributed by atoms with E-state index >= 15 is 0 Å². The number of anilines is 1. The van der Waals surface area contributed by atoms with Crippen LogP contribution in [0.15, 0.2) is 30.3 Å². The molecule has 0 bridgehead atoms. The van der Waals surface area contributed by atoms with Gasteiger partial charge in [-0.2, -0.15) is 0 Å². The molecule has 10 heteroatoms. The Bertz CT molecular complexity index is 859. The Morgan fingerprint density at radius 1 is 1.33 bits per heavy atom. The van der Waals surface area contributed by atoms with Crippen molar-refractivity contribution >= 4 is 29.0 Å². The number of nitrogens with zero attached hydrogens (tertiary/aromatic N) is 5. The minimum atomic E-state index is -0.588. The first kappa shape index (κ1) is 18.8. The van der Waals surface area contributed by atoms with Crippen molar-refractivity contribution in [3.63, 3.8) is 0 Å². The van der Waals surface area contributed by atoms with Gasteiger partial charge in [-0.1, -0.05) is 11.6 Å². The molecule has 9 nitrogen and oxygen atoms in total. The van der Waals surface area contributed by atoms with Gasteiger partial charge in [-0.05, 0) is 18.2 Å². The number of carbonyl (C=O) groups excluding carboxylic acids is 1. The Morgan fingerprint density at radius 3 is 2.74 bits per heavy atom. The van der Waals surface area contributed by atoms with Crippen LogP contribution >= 0.6 is 11.6 Å². The van der Waals surface area contributed by atoms with Crippen molar-refractivity contribution in [2.45, 2.75) is 12.5 Å². The highest BCUT2D eigenvalue weighted by atomic mass is 35.5. The van der Waals surface area contributed by atoms with Crippen LogP contribution in [0.25, 0.3) is 0 Å². The van der Waals surface area contributed by atoms with Crippen molar-refractivity contribution in [1.82, 2.24) is 15.1 Å². The van der Waals surface area contributed by atoms with Crippen LogP contribution in [0, 0.1) is 10.1 Å². The number of ether oxygens (including phenoxy) is 1. The molecule has 0 N–H and O–H groups in total. The molecule has 2 aromatic rings. The van der Waals surface area contributed by atoms with Crippen LogP contribution in [0.1, 0.15) is 16.8 Å². The molecule has 0 spiro atoms. The van der Waals surface area contributed by atoms with Crippen molar-refractivity contribution in [3.8, 4) is 5.88 Å². The van der Waals surface area contributed by atoms with Gasteiger partial charge in [-0.25, -0.2) is 0 Å². The highest BCUT2D eigenvalue weighted by Crippen LogP contribution is 2.26. The molecular formula is C17H18ClN5O4. The second kappa shape index (κ2) is 7.75. The second-order valence-corrected chi connectivity index (χ2v) is 6.76. The number of likely N-dealkylation sites (tertiary alicyclic amines) is 1. The standard InChI is InChI=1S/C17H18ClN5O4/c1-21(2)15-5-6-16(20-19-15)27-12-7-8-22(10-12)17(24)13-9-11(18)3-4-14(13)23(25)26/h3-6,9,12H,7-8,10H2,1-2H3. The van der Waals surface area contributed by atoms with Crippen molar-refractivity contribution in [2.24, 2.45) is 0 Å². The zero-order valence-electron chi connectivity index (χ0n) is 14.8. The van der Waals surface area contributed by atoms with Gasteiger partial charge >= 0.3 is 0 Å². The molecule has 2 heterocycles. The number of aromatic nitrogens is 2. The van der Waals surface area contributed by atoms with E-state index in [1.165, 1.54) is 23.1 Å². The van der Waals surface area contributed by atoms with E-state index in [1.807, 2.05) is 19.0 Å². The third-order valence-electron chi connectivity index (χ3n) is 4.19. The molecule has 3 rings (SSSR count). The summed E-state index contributed by atoms with van der Waals surface area (Å²) in [5.74, 6) is 0.636. The molecule has 1 amide bonds. The molecule has 1 fully saturated rings. The predicted molar refractivity (Wildman–Crippen MR) is 99.4 cm³/mol. The maximum Gasteiger partial charge on any atom is 0.282 e. The normalized spacial score (nSPS) is 16.3. The zero-order chi connectivity index (χ0) is 19.6. The maximum absolute atomic E-state index is 12.7. The summed E-state index contributed by atoms with van der Waals surface area (Å²) in [6.07, 6.45) is 0.337. The molecule has 142 valence electrons. The highest BCUT2D eigenvalue weighted by Gasteiger charge is 2.32. The Labute approximate surface area is 160 Å². The Balaban J connectivity index is 1.68. The lowest BCUT2D eigenvalue weighted by atomic mass is 10.1. The molecular weight excluding hydrogens is 374 g/mol. The van der Waals surface area contributed by atoms with Gasteiger partial charge in [0.05, 0.1) is 11.5 Å². The minimum absolute atomic E-state index is 0.0247. The number of carbonyl (C=O) groups is 1. The van der Waals surface area contributed by atoms with Crippen molar-refractivity contribution in [1.29, 1.82) is 0 Å². The van der Waals surface area contributed by atoms with E-state index in [9.17, 15) is 14.9 Å². The van der Waals surface area contributed by atoms with Gasteiger partial charge < -0.3 is 14.5 Å². The predicted octanol–water partition coefficient (Wildman–Crippen LogP) is 2.40. The summed E-state index contributed by atoms with van der Waals surface area (Å²) in [4.78, 5) is 26.7. The summed E-state index contributed by atoms with van der Waals surface area (Å²) >= 11 is 5.91. The van der Waals surface area contributed by atoms with Crippen molar-refractivity contribution < 1.29 is 14.5 Å². The van der Waals surface area contributed by atoms with Crippen LogP contribution < -0.4 is 9.64 Å². The molecule has 1 aromatic heterocycles. The zero-order valence-corrected chi connectivity index (χ0v) is 15.6. The average Bonchev–Trinajstić information content (AvgIpc) is 3.09. The van der Waals surface area contributed by atoms with Crippen LogP contribution in [-0.4, -0.2) is 59.2 Å². The van der Waals surface area contributed by atoms with Gasteiger partial charge in [0, 0.05) is 44.2 Å². The molecule has 1 aliphatic rings. The van der Waals surface area contributed by atoms with E-state index in [0.717, 1.165) is 0 Å². The summed E-state index contributed by atoms with van der Waals surface area (Å²) in [7, 11) is 3.72. The van der Waals surface area contributed by atoms with E-state index < -0.39 is 10.8 Å². The molecule has 1 saturated heterocycles. The molecule has 1 unspecified atom stereocenters. The van der Waals surface area contributed by atoms with Gasteiger partial charge in [0.2, 0.25) is 5.88 Å². The first-order valence-corrected chi connectivity index (χ1v) is 8.64. The minimum Gasteiger partial charge on any atom is -0.471 e. The smallest absolute Gasteiger partial charge is 0.282 e. The quantitative estimate of drug-likeness (QED) is 0.569. The fourth-order valence-corrected chi connectivity index (χ4v) is 2.98. The molecule has 0 aliphatic carbocycles. The van der Waals surface area contributed by atoms with Gasteiger partial charge in [-0.15, -0.1) is 10.2 Å². The summed E-state index contributed by atoms with van der Waals surface area (Å²) in [6.45, 7) is 0.732. The van der Waals surface area contributed by atoms with E-state index in [4.69, 9.17) is 16.3 Å². The first-order chi connectivity index (χ1) is 12.8. The fraction of sp³-hybridized carbons (Fsp3) is 0.353. The molecule has 1 aliphatic heterocycles. The largest absolute Gasteiger partial charge is 0.471 e. The average molecular weight is 392 g/mol. The summed E-state index contributed by atoms with van der Waals surface area (Å²) < 4.78 is 5.78. The third kappa shape index (κ3) is 4.25. The van der Waals surface area contributed by atoms with Crippen LogP contribution in [0.4, 0.5) is 11.5 Å². The Kier molecular flexibility index (Phi) is 5.41. The SMILES string of the molecule is CN(C)c1ccc(OC2CCN(C(=O)c3cc(Cl)ccc3[N+](=O)[O-])C2)nn1. The van der Waals surface area contributed by atoms with Gasteiger partial charge in [0.25, 0.3) is 11.6 Å². The second-order valence-electron chi connectivity index (χ2n) is 6.32. The molecule has 27 heavy (non-hydrogen) atoms.